The lowest BCUT2D eigenvalue weighted by Crippen LogP contribution is -2.36. The van der Waals surface area contributed by atoms with Gasteiger partial charge in [-0.3, -0.25) is 4.90 Å². The Morgan fingerprint density at radius 2 is 1.62 bits per heavy atom. The van der Waals surface area contributed by atoms with Crippen LogP contribution in [0.1, 0.15) is 24.0 Å². The van der Waals surface area contributed by atoms with E-state index in [-0.39, 0.29) is 0 Å². The maximum absolute atomic E-state index is 5.43. The van der Waals surface area contributed by atoms with Crippen molar-refractivity contribution in [3.63, 3.8) is 0 Å². The molecule has 0 unspecified atom stereocenters. The molecule has 1 saturated heterocycles. The Balaban J connectivity index is 1.41. The highest BCUT2D eigenvalue weighted by Crippen LogP contribution is 2.24. The summed E-state index contributed by atoms with van der Waals surface area (Å²) in [7, 11) is 0. The van der Waals surface area contributed by atoms with Crippen molar-refractivity contribution in [3.05, 3.63) is 71.9 Å². The first-order valence-corrected chi connectivity index (χ1v) is 9.81. The minimum Gasteiger partial charge on any atom is -0.379 e. The van der Waals surface area contributed by atoms with Gasteiger partial charge in [0.25, 0.3) is 0 Å². The fraction of sp³-hybridized carbons (Fsp3) is 0.391. The zero-order chi connectivity index (χ0) is 17.6. The molecule has 1 aliphatic rings. The Morgan fingerprint density at radius 3 is 2.46 bits per heavy atom. The molecule has 136 valence electrons. The van der Waals surface area contributed by atoms with Crippen molar-refractivity contribution in [1.29, 1.82) is 0 Å². The largest absolute Gasteiger partial charge is 0.379 e. The summed E-state index contributed by atoms with van der Waals surface area (Å²) in [6.45, 7) is 6.12. The van der Waals surface area contributed by atoms with Crippen LogP contribution in [0.5, 0.6) is 0 Å². The molecule has 0 aliphatic carbocycles. The van der Waals surface area contributed by atoms with Crippen LogP contribution in [0.4, 0.5) is 0 Å². The maximum atomic E-state index is 5.43. The molecule has 0 spiro atoms. The summed E-state index contributed by atoms with van der Waals surface area (Å²) in [6.07, 6.45) is 6.04. The number of fused-ring (bicyclic) bond motifs is 1. The standard InChI is InChI=1S/C23H28N2O/c1-2-8-20(9-3-1)18-25-19-21(22-11-4-5-12-23(22)25)10-6-7-13-24-14-16-26-17-15-24/h1-5,8-9,11-12,19H,6-7,10,13-18H2. The van der Waals surface area contributed by atoms with Gasteiger partial charge in [0.1, 0.15) is 0 Å². The van der Waals surface area contributed by atoms with Crippen molar-refractivity contribution in [1.82, 2.24) is 9.47 Å². The van der Waals surface area contributed by atoms with E-state index >= 15 is 0 Å². The molecule has 4 rings (SSSR count). The number of rotatable bonds is 7. The Morgan fingerprint density at radius 1 is 0.846 bits per heavy atom. The van der Waals surface area contributed by atoms with Crippen LogP contribution in [0.15, 0.2) is 60.8 Å². The average Bonchev–Trinajstić information content (AvgIpc) is 3.05. The minimum atomic E-state index is 0.896. The van der Waals surface area contributed by atoms with Crippen molar-refractivity contribution >= 4 is 10.9 Å². The van der Waals surface area contributed by atoms with Gasteiger partial charge in [0.15, 0.2) is 0 Å². The van der Waals surface area contributed by atoms with Crippen molar-refractivity contribution in [2.45, 2.75) is 25.8 Å². The monoisotopic (exact) mass is 348 g/mol. The van der Waals surface area contributed by atoms with Crippen LogP contribution in [-0.2, 0) is 17.7 Å². The number of aryl methyl sites for hydroxylation is 1. The first-order valence-electron chi connectivity index (χ1n) is 9.81. The van der Waals surface area contributed by atoms with Crippen LogP contribution in [0.25, 0.3) is 10.9 Å². The number of hydrogen-bond acceptors (Lipinski definition) is 2. The average molecular weight is 348 g/mol. The van der Waals surface area contributed by atoms with E-state index in [0.717, 1.165) is 39.3 Å². The molecule has 2 heterocycles. The Bertz CT molecular complexity index is 819. The second-order valence-corrected chi connectivity index (χ2v) is 7.20. The number of nitrogens with zero attached hydrogens (tertiary/aromatic N) is 2. The number of unbranched alkanes of at least 4 members (excludes halogenated alkanes) is 1. The molecule has 2 aromatic carbocycles. The Labute approximate surface area is 156 Å². The molecule has 0 bridgehead atoms. The molecule has 1 aliphatic heterocycles. The molecule has 0 amide bonds. The van der Waals surface area contributed by atoms with Crippen LogP contribution >= 0.6 is 0 Å². The van der Waals surface area contributed by atoms with E-state index < -0.39 is 0 Å². The topological polar surface area (TPSA) is 17.4 Å². The van der Waals surface area contributed by atoms with Crippen LogP contribution in [-0.4, -0.2) is 42.3 Å². The smallest absolute Gasteiger partial charge is 0.0594 e. The third kappa shape index (κ3) is 4.17. The van der Waals surface area contributed by atoms with Crippen LogP contribution < -0.4 is 0 Å². The molecular weight excluding hydrogens is 320 g/mol. The normalized spacial score (nSPS) is 15.5. The zero-order valence-corrected chi connectivity index (χ0v) is 15.4. The van der Waals surface area contributed by atoms with E-state index in [9.17, 15) is 0 Å². The Hall–Kier alpha value is -2.10. The van der Waals surface area contributed by atoms with E-state index in [1.807, 2.05) is 0 Å². The highest BCUT2D eigenvalue weighted by Gasteiger charge is 2.11. The first-order chi connectivity index (χ1) is 12.9. The number of para-hydroxylation sites is 1. The third-order valence-corrected chi connectivity index (χ3v) is 5.34. The van der Waals surface area contributed by atoms with E-state index in [1.54, 1.807) is 0 Å². The lowest BCUT2D eigenvalue weighted by atomic mass is 10.1. The summed E-state index contributed by atoms with van der Waals surface area (Å²) >= 11 is 0. The summed E-state index contributed by atoms with van der Waals surface area (Å²) in [4.78, 5) is 2.53. The summed E-state index contributed by atoms with van der Waals surface area (Å²) in [5.74, 6) is 0. The summed E-state index contributed by atoms with van der Waals surface area (Å²) in [6, 6.07) is 19.5. The van der Waals surface area contributed by atoms with Crippen molar-refractivity contribution in [3.8, 4) is 0 Å². The van der Waals surface area contributed by atoms with Gasteiger partial charge in [0.05, 0.1) is 13.2 Å². The molecule has 0 radical (unpaired) electrons. The van der Waals surface area contributed by atoms with Crippen molar-refractivity contribution < 1.29 is 4.74 Å². The van der Waals surface area contributed by atoms with Gasteiger partial charge in [-0.1, -0.05) is 48.5 Å². The van der Waals surface area contributed by atoms with Crippen LogP contribution in [0, 0.1) is 0 Å². The lowest BCUT2D eigenvalue weighted by Gasteiger charge is -2.26. The quantitative estimate of drug-likeness (QED) is 0.591. The molecule has 1 fully saturated rings. The van der Waals surface area contributed by atoms with Gasteiger partial charge in [-0.2, -0.15) is 0 Å². The molecule has 3 nitrogen and oxygen atoms in total. The van der Waals surface area contributed by atoms with Crippen molar-refractivity contribution in [2.75, 3.05) is 32.8 Å². The van der Waals surface area contributed by atoms with Gasteiger partial charge >= 0.3 is 0 Å². The molecular formula is C23H28N2O. The summed E-state index contributed by atoms with van der Waals surface area (Å²) < 4.78 is 7.84. The van der Waals surface area contributed by atoms with E-state index in [2.05, 4.69) is 70.3 Å². The van der Waals surface area contributed by atoms with Crippen LogP contribution in [0.3, 0.4) is 0 Å². The number of ether oxygens (including phenoxy) is 1. The van der Waals surface area contributed by atoms with Gasteiger partial charge in [-0.15, -0.1) is 0 Å². The second-order valence-electron chi connectivity index (χ2n) is 7.20. The SMILES string of the molecule is c1ccc(Cn2cc(CCCCN3CCOCC3)c3ccccc32)cc1. The van der Waals surface area contributed by atoms with E-state index in [0.29, 0.717) is 0 Å². The third-order valence-electron chi connectivity index (χ3n) is 5.34. The predicted octanol–water partition coefficient (Wildman–Crippen LogP) is 4.34. The molecule has 0 atom stereocenters. The number of aromatic nitrogens is 1. The van der Waals surface area contributed by atoms with Gasteiger partial charge < -0.3 is 9.30 Å². The lowest BCUT2D eigenvalue weighted by molar-refractivity contribution is 0.0372. The van der Waals surface area contributed by atoms with Crippen LogP contribution in [0.2, 0.25) is 0 Å². The molecule has 3 aromatic rings. The van der Waals surface area contributed by atoms with Gasteiger partial charge in [0.2, 0.25) is 0 Å². The maximum Gasteiger partial charge on any atom is 0.0594 e. The van der Waals surface area contributed by atoms with Crippen molar-refractivity contribution in [2.24, 2.45) is 0 Å². The van der Waals surface area contributed by atoms with E-state index in [1.165, 1.54) is 41.4 Å². The number of benzene rings is 2. The van der Waals surface area contributed by atoms with Gasteiger partial charge in [-0.25, -0.2) is 0 Å². The molecule has 3 heteroatoms. The highest BCUT2D eigenvalue weighted by molar-refractivity contribution is 5.84. The van der Waals surface area contributed by atoms with Gasteiger partial charge in [0, 0.05) is 36.7 Å². The Kier molecular flexibility index (Phi) is 5.68. The molecule has 26 heavy (non-hydrogen) atoms. The fourth-order valence-corrected chi connectivity index (χ4v) is 3.91. The van der Waals surface area contributed by atoms with E-state index in [4.69, 9.17) is 4.74 Å². The fourth-order valence-electron chi connectivity index (χ4n) is 3.91. The number of morpholine rings is 1. The highest BCUT2D eigenvalue weighted by atomic mass is 16.5. The number of hydrogen-bond donors (Lipinski definition) is 0. The summed E-state index contributed by atoms with van der Waals surface area (Å²) in [5, 5.41) is 1.41. The minimum absolute atomic E-state index is 0.896. The second kappa shape index (κ2) is 8.52. The summed E-state index contributed by atoms with van der Waals surface area (Å²) in [5.41, 5.74) is 4.19. The molecule has 0 saturated carbocycles. The first kappa shape index (κ1) is 17.3. The molecule has 0 N–H and O–H groups in total. The predicted molar refractivity (Wildman–Crippen MR) is 108 cm³/mol. The zero-order valence-electron chi connectivity index (χ0n) is 15.4. The van der Waals surface area contributed by atoms with Gasteiger partial charge in [-0.05, 0) is 43.0 Å². The molecule has 1 aromatic heterocycles.